The van der Waals surface area contributed by atoms with Crippen molar-refractivity contribution in [3.8, 4) is 0 Å². The minimum Gasteiger partial charge on any atom is -0.390 e. The maximum absolute atomic E-state index is 12.0. The van der Waals surface area contributed by atoms with Crippen molar-refractivity contribution in [2.75, 3.05) is 5.75 Å². The van der Waals surface area contributed by atoms with Crippen LogP contribution in [0.25, 0.3) is 0 Å². The Morgan fingerprint density at radius 2 is 1.69 bits per heavy atom. The lowest BCUT2D eigenvalue weighted by Crippen LogP contribution is -2.37. The maximum Gasteiger partial charge on any atom is 0.155 e. The Hall–Kier alpha value is -0.130. The first-order valence-corrected chi connectivity index (χ1v) is 7.30. The Balaban J connectivity index is 2.78. The first-order chi connectivity index (χ1) is 7.06. The van der Waals surface area contributed by atoms with E-state index in [2.05, 4.69) is 0 Å². The van der Waals surface area contributed by atoms with Gasteiger partial charge in [0.2, 0.25) is 0 Å². The van der Waals surface area contributed by atoms with E-state index in [0.29, 0.717) is 6.42 Å². The van der Waals surface area contributed by atoms with Crippen LogP contribution in [-0.4, -0.2) is 41.3 Å². The number of aliphatic hydroxyl groups is 2. The standard InChI is InChI=1S/C11H22O4S/c1-7-5-8(10(13)9(7)12)6-16(14,15)11(2,3)4/h7-10,12-13H,5-6H2,1-4H3/t7-,8-,9+,10-/m1/s1. The SMILES string of the molecule is C[C@@H]1C[C@H](CS(=O)(=O)C(C)(C)C)[C@@H](O)[C@H]1O. The summed E-state index contributed by atoms with van der Waals surface area (Å²) in [6.07, 6.45) is -1.13. The first-order valence-electron chi connectivity index (χ1n) is 5.64. The van der Waals surface area contributed by atoms with Crippen LogP contribution < -0.4 is 0 Å². The molecule has 1 saturated carbocycles. The molecule has 2 N–H and O–H groups in total. The number of sulfone groups is 1. The summed E-state index contributed by atoms with van der Waals surface area (Å²) in [6, 6.07) is 0. The lowest BCUT2D eigenvalue weighted by Gasteiger charge is -2.23. The zero-order valence-electron chi connectivity index (χ0n) is 10.3. The van der Waals surface area contributed by atoms with E-state index in [-0.39, 0.29) is 17.6 Å². The summed E-state index contributed by atoms with van der Waals surface area (Å²) in [6.45, 7) is 6.80. The molecule has 0 aliphatic heterocycles. The topological polar surface area (TPSA) is 74.6 Å². The van der Waals surface area contributed by atoms with Crippen molar-refractivity contribution in [3.63, 3.8) is 0 Å². The van der Waals surface area contributed by atoms with Gasteiger partial charge in [0, 0.05) is 5.92 Å². The van der Waals surface area contributed by atoms with Crippen molar-refractivity contribution in [1.29, 1.82) is 0 Å². The van der Waals surface area contributed by atoms with Crippen LogP contribution in [0.4, 0.5) is 0 Å². The molecule has 5 heteroatoms. The molecule has 0 radical (unpaired) electrons. The molecule has 0 aromatic carbocycles. The first kappa shape index (κ1) is 13.9. The summed E-state index contributed by atoms with van der Waals surface area (Å²) in [5.41, 5.74) is 0. The fraction of sp³-hybridized carbons (Fsp3) is 1.00. The number of aliphatic hydroxyl groups excluding tert-OH is 2. The fourth-order valence-corrected chi connectivity index (χ4v) is 3.47. The second kappa shape index (κ2) is 4.27. The predicted octanol–water partition coefficient (Wildman–Crippen LogP) is 0.578. The van der Waals surface area contributed by atoms with E-state index in [1.807, 2.05) is 6.92 Å². The van der Waals surface area contributed by atoms with Gasteiger partial charge in [-0.05, 0) is 33.1 Å². The molecule has 1 fully saturated rings. The monoisotopic (exact) mass is 250 g/mol. The molecule has 1 aliphatic carbocycles. The van der Waals surface area contributed by atoms with Crippen LogP contribution in [0.2, 0.25) is 0 Å². The van der Waals surface area contributed by atoms with Crippen LogP contribution >= 0.6 is 0 Å². The second-order valence-corrected chi connectivity index (χ2v) is 8.64. The second-order valence-electron chi connectivity index (χ2n) is 5.85. The highest BCUT2D eigenvalue weighted by Crippen LogP contribution is 2.34. The number of rotatable bonds is 2. The average molecular weight is 250 g/mol. The highest BCUT2D eigenvalue weighted by atomic mass is 32.2. The largest absolute Gasteiger partial charge is 0.390 e. The quantitative estimate of drug-likeness (QED) is 0.751. The van der Waals surface area contributed by atoms with Gasteiger partial charge in [0.15, 0.2) is 9.84 Å². The van der Waals surface area contributed by atoms with Gasteiger partial charge in [-0.2, -0.15) is 0 Å². The molecule has 4 atom stereocenters. The van der Waals surface area contributed by atoms with E-state index in [4.69, 9.17) is 0 Å². The lowest BCUT2D eigenvalue weighted by atomic mass is 10.1. The minimum absolute atomic E-state index is 0.0323. The molecule has 0 aromatic heterocycles. The van der Waals surface area contributed by atoms with Gasteiger partial charge < -0.3 is 10.2 Å². The van der Waals surface area contributed by atoms with E-state index in [0.717, 1.165) is 0 Å². The zero-order chi connectivity index (χ0) is 12.7. The Morgan fingerprint density at radius 1 is 1.19 bits per heavy atom. The molecule has 0 bridgehead atoms. The molecule has 1 aliphatic rings. The van der Waals surface area contributed by atoms with Gasteiger partial charge in [0.1, 0.15) is 0 Å². The maximum atomic E-state index is 12.0. The summed E-state index contributed by atoms with van der Waals surface area (Å²) in [7, 11) is -3.23. The van der Waals surface area contributed by atoms with Crippen molar-refractivity contribution in [2.45, 2.75) is 51.1 Å². The van der Waals surface area contributed by atoms with Crippen LogP contribution in [0.1, 0.15) is 34.1 Å². The average Bonchev–Trinajstić information content (AvgIpc) is 2.31. The third kappa shape index (κ3) is 2.57. The lowest BCUT2D eigenvalue weighted by molar-refractivity contribution is 0.0102. The van der Waals surface area contributed by atoms with E-state index in [1.165, 1.54) is 0 Å². The zero-order valence-corrected chi connectivity index (χ0v) is 11.2. The third-order valence-corrected chi connectivity index (χ3v) is 6.19. The van der Waals surface area contributed by atoms with Gasteiger partial charge in [-0.1, -0.05) is 6.92 Å². The molecule has 0 amide bonds. The molecule has 0 unspecified atom stereocenters. The van der Waals surface area contributed by atoms with Crippen molar-refractivity contribution in [1.82, 2.24) is 0 Å². The molecule has 16 heavy (non-hydrogen) atoms. The molecule has 0 spiro atoms. The summed E-state index contributed by atoms with van der Waals surface area (Å²) >= 11 is 0. The Morgan fingerprint density at radius 3 is 2.00 bits per heavy atom. The highest BCUT2D eigenvalue weighted by Gasteiger charge is 2.43. The fourth-order valence-electron chi connectivity index (χ4n) is 2.07. The predicted molar refractivity (Wildman–Crippen MR) is 62.8 cm³/mol. The van der Waals surface area contributed by atoms with Crippen LogP contribution in [-0.2, 0) is 9.84 Å². The van der Waals surface area contributed by atoms with Crippen molar-refractivity contribution in [2.24, 2.45) is 11.8 Å². The van der Waals surface area contributed by atoms with Gasteiger partial charge in [-0.15, -0.1) is 0 Å². The normalized spacial score (nSPS) is 36.6. The summed E-state index contributed by atoms with van der Waals surface area (Å²) in [5, 5.41) is 19.3. The number of hydrogen-bond acceptors (Lipinski definition) is 4. The summed E-state index contributed by atoms with van der Waals surface area (Å²) in [5.74, 6) is -0.414. The molecule has 0 aromatic rings. The smallest absolute Gasteiger partial charge is 0.155 e. The molecule has 96 valence electrons. The van der Waals surface area contributed by atoms with Gasteiger partial charge in [-0.25, -0.2) is 8.42 Å². The van der Waals surface area contributed by atoms with Gasteiger partial charge in [0.25, 0.3) is 0 Å². The van der Waals surface area contributed by atoms with Crippen LogP contribution in [0.5, 0.6) is 0 Å². The van der Waals surface area contributed by atoms with Crippen molar-refractivity contribution in [3.05, 3.63) is 0 Å². The Bertz CT molecular complexity index is 341. The summed E-state index contributed by atoms with van der Waals surface area (Å²) in [4.78, 5) is 0. The molecule has 0 saturated heterocycles. The van der Waals surface area contributed by atoms with E-state index < -0.39 is 26.8 Å². The van der Waals surface area contributed by atoms with E-state index >= 15 is 0 Å². The highest BCUT2D eigenvalue weighted by molar-refractivity contribution is 7.92. The number of hydrogen-bond donors (Lipinski definition) is 2. The van der Waals surface area contributed by atoms with Gasteiger partial charge in [-0.3, -0.25) is 0 Å². The third-order valence-electron chi connectivity index (χ3n) is 3.46. The molecular formula is C11H22O4S. The van der Waals surface area contributed by atoms with Crippen molar-refractivity contribution >= 4 is 9.84 Å². The van der Waals surface area contributed by atoms with Crippen molar-refractivity contribution < 1.29 is 18.6 Å². The molecule has 1 rings (SSSR count). The molecule has 0 heterocycles. The van der Waals surface area contributed by atoms with Crippen LogP contribution in [0.3, 0.4) is 0 Å². The Labute approximate surface area is 97.6 Å². The summed E-state index contributed by atoms with van der Waals surface area (Å²) < 4.78 is 23.1. The van der Waals surface area contributed by atoms with E-state index in [9.17, 15) is 18.6 Å². The Kier molecular flexibility index (Phi) is 3.72. The van der Waals surface area contributed by atoms with E-state index in [1.54, 1.807) is 20.8 Å². The van der Waals surface area contributed by atoms with Crippen LogP contribution in [0, 0.1) is 11.8 Å². The molecular weight excluding hydrogens is 228 g/mol. The minimum atomic E-state index is -3.23. The van der Waals surface area contributed by atoms with Gasteiger partial charge in [0.05, 0.1) is 22.7 Å². The molecule has 4 nitrogen and oxygen atoms in total. The van der Waals surface area contributed by atoms with Crippen LogP contribution in [0.15, 0.2) is 0 Å². The van der Waals surface area contributed by atoms with Gasteiger partial charge >= 0.3 is 0 Å².